The van der Waals surface area contributed by atoms with E-state index < -0.39 is 10.1 Å². The van der Waals surface area contributed by atoms with E-state index in [1.807, 2.05) is 25.1 Å². The Morgan fingerprint density at radius 3 is 2.58 bits per heavy atom. The van der Waals surface area contributed by atoms with Crippen LogP contribution in [0.3, 0.4) is 0 Å². The van der Waals surface area contributed by atoms with Crippen molar-refractivity contribution < 1.29 is 57.2 Å². The number of fused-ring (bicyclic) bond motifs is 1. The van der Waals surface area contributed by atoms with E-state index in [4.69, 9.17) is 4.55 Å². The summed E-state index contributed by atoms with van der Waals surface area (Å²) in [6.45, 7) is 6.22. The first-order valence-corrected chi connectivity index (χ1v) is 9.45. The minimum absolute atomic E-state index is 0. The predicted octanol–water partition coefficient (Wildman–Crippen LogP) is -0.346. The van der Waals surface area contributed by atoms with Crippen molar-refractivity contribution in [2.75, 3.05) is 5.75 Å². The van der Waals surface area contributed by atoms with E-state index >= 15 is 0 Å². The van der Waals surface area contributed by atoms with E-state index in [0.717, 1.165) is 33.6 Å². The fourth-order valence-electron chi connectivity index (χ4n) is 2.94. The molecule has 0 fully saturated rings. The molecule has 0 heterocycles. The van der Waals surface area contributed by atoms with E-state index in [0.29, 0.717) is 12.8 Å². The molecule has 0 bridgehead atoms. The van der Waals surface area contributed by atoms with E-state index in [2.05, 4.69) is 23.2 Å². The maximum atomic E-state index is 10.9. The molecular formula is C15H19NaO6S2. The Hall–Kier alpha value is 0.1000. The number of benzene rings is 1. The van der Waals surface area contributed by atoms with Crippen molar-refractivity contribution >= 4 is 27.7 Å². The Kier molecular flexibility index (Phi) is 7.99. The molecule has 128 valence electrons. The van der Waals surface area contributed by atoms with Crippen molar-refractivity contribution in [1.29, 1.82) is 0 Å². The molecule has 0 saturated carbocycles. The zero-order valence-electron chi connectivity index (χ0n) is 14.2. The minimum Gasteiger partial charge on any atom is -0.691 e. The van der Waals surface area contributed by atoms with Gasteiger partial charge in [0.15, 0.2) is 0 Å². The van der Waals surface area contributed by atoms with Gasteiger partial charge in [-0.1, -0.05) is 25.5 Å². The van der Waals surface area contributed by atoms with E-state index in [1.165, 1.54) is 5.57 Å². The van der Waals surface area contributed by atoms with Crippen LogP contribution < -0.4 is 34.8 Å². The molecular weight excluding hydrogens is 363 g/mol. The van der Waals surface area contributed by atoms with Crippen molar-refractivity contribution in [1.82, 2.24) is 0 Å². The maximum absolute atomic E-state index is 10.9. The van der Waals surface area contributed by atoms with Gasteiger partial charge in [0.1, 0.15) is 0 Å². The Bertz CT molecular complexity index is 727. The van der Waals surface area contributed by atoms with Crippen molar-refractivity contribution in [3.63, 3.8) is 0 Å². The van der Waals surface area contributed by atoms with Crippen molar-refractivity contribution in [2.45, 2.75) is 43.9 Å². The summed E-state index contributed by atoms with van der Waals surface area (Å²) in [5.74, 6) is -0.248. The van der Waals surface area contributed by atoms with Crippen LogP contribution in [-0.2, 0) is 24.9 Å². The summed E-state index contributed by atoms with van der Waals surface area (Å²) in [7, 11) is -3.94. The minimum atomic E-state index is -3.94. The van der Waals surface area contributed by atoms with Gasteiger partial charge in [0.2, 0.25) is 0 Å². The fraction of sp³-hybridized carbons (Fsp3) is 0.467. The molecule has 0 unspecified atom stereocenters. The van der Waals surface area contributed by atoms with Crippen molar-refractivity contribution in [3.8, 4) is 0 Å². The third-order valence-electron chi connectivity index (χ3n) is 4.37. The monoisotopic (exact) mass is 382 g/mol. The van der Waals surface area contributed by atoms with Gasteiger partial charge in [0.25, 0.3) is 10.1 Å². The molecule has 1 aliphatic rings. The smallest absolute Gasteiger partial charge is 0.691 e. The molecule has 0 radical (unpaired) electrons. The van der Waals surface area contributed by atoms with Crippen molar-refractivity contribution in [2.24, 2.45) is 0 Å². The van der Waals surface area contributed by atoms with Gasteiger partial charge >= 0.3 is 29.6 Å². The SMILES string of the molecule is CC1=C(CCCS(=O)(=O)O)c2ccc(SOO[O-])cc2C1(C)C.[Na+]. The maximum Gasteiger partial charge on any atom is 1.00 e. The molecule has 0 atom stereocenters. The van der Waals surface area contributed by atoms with Gasteiger partial charge in [-0.05, 0) is 48.6 Å². The standard InChI is InChI=1S/C15H20O6S2.Na/c1-10-12(5-4-8-23(17,18)19)13-7-6-11(22-21-20-16)9-14(13)15(10,2)3;/h6-7,9,16H,4-5,8H2,1-3H3,(H,17,18,19);/q;+1/p-1. The molecule has 2 rings (SSSR count). The molecule has 0 spiro atoms. The van der Waals surface area contributed by atoms with Crippen LogP contribution in [0.5, 0.6) is 0 Å². The summed E-state index contributed by atoms with van der Waals surface area (Å²) in [6.07, 6.45) is 0.944. The first-order valence-electron chi connectivity index (χ1n) is 7.10. The number of allylic oxidation sites excluding steroid dienone is 2. The third kappa shape index (κ3) is 5.06. The Labute approximate surface area is 168 Å². The molecule has 0 amide bonds. The number of hydrogen-bond acceptors (Lipinski definition) is 6. The summed E-state index contributed by atoms with van der Waals surface area (Å²) >= 11 is 0.845. The zero-order valence-corrected chi connectivity index (χ0v) is 17.8. The number of hydrogen-bond donors (Lipinski definition) is 1. The molecule has 1 aromatic carbocycles. The Balaban J connectivity index is 0.00000288. The van der Waals surface area contributed by atoms with Gasteiger partial charge in [0, 0.05) is 10.3 Å². The van der Waals surface area contributed by atoms with Crippen LogP contribution in [0.4, 0.5) is 0 Å². The first kappa shape index (κ1) is 22.1. The van der Waals surface area contributed by atoms with Crippen LogP contribution in [0.2, 0.25) is 0 Å². The van der Waals surface area contributed by atoms with E-state index in [-0.39, 0.29) is 40.7 Å². The van der Waals surface area contributed by atoms with Gasteiger partial charge < -0.3 is 5.26 Å². The average molecular weight is 382 g/mol. The quantitative estimate of drug-likeness (QED) is 0.226. The summed E-state index contributed by atoms with van der Waals surface area (Å²) < 4.78 is 35.0. The Morgan fingerprint density at radius 2 is 2.00 bits per heavy atom. The van der Waals surface area contributed by atoms with Gasteiger partial charge in [-0.25, -0.2) is 0 Å². The van der Waals surface area contributed by atoms with Crippen LogP contribution in [0.1, 0.15) is 44.7 Å². The first-order chi connectivity index (χ1) is 10.7. The number of rotatable bonds is 7. The second-order valence-electron chi connectivity index (χ2n) is 6.04. The molecule has 1 N–H and O–H groups in total. The zero-order chi connectivity index (χ0) is 17.3. The molecule has 0 saturated heterocycles. The molecule has 6 nitrogen and oxygen atoms in total. The van der Waals surface area contributed by atoms with Crippen LogP contribution in [0, 0.1) is 0 Å². The molecule has 1 aliphatic carbocycles. The second-order valence-corrected chi connectivity index (χ2v) is 8.39. The van der Waals surface area contributed by atoms with Gasteiger partial charge in [-0.15, -0.1) is 0 Å². The average Bonchev–Trinajstić information content (AvgIpc) is 2.65. The third-order valence-corrected chi connectivity index (χ3v) is 5.74. The van der Waals surface area contributed by atoms with Gasteiger partial charge in [-0.2, -0.15) is 12.8 Å². The summed E-state index contributed by atoms with van der Waals surface area (Å²) in [6, 6.07) is 5.70. The fourth-order valence-corrected chi connectivity index (χ4v) is 3.85. The largest absolute Gasteiger partial charge is 1.00 e. The predicted molar refractivity (Wildman–Crippen MR) is 85.7 cm³/mol. The van der Waals surface area contributed by atoms with Crippen LogP contribution in [-0.4, -0.2) is 18.7 Å². The molecule has 9 heteroatoms. The summed E-state index contributed by atoms with van der Waals surface area (Å²) in [5.41, 5.74) is 4.24. The van der Waals surface area contributed by atoms with Crippen LogP contribution in [0.25, 0.3) is 5.57 Å². The summed E-state index contributed by atoms with van der Waals surface area (Å²) in [4.78, 5) is 0.750. The Morgan fingerprint density at radius 1 is 1.33 bits per heavy atom. The van der Waals surface area contributed by atoms with Crippen LogP contribution in [0.15, 0.2) is 28.7 Å². The topological polar surface area (TPSA) is 95.9 Å². The molecule has 0 aromatic heterocycles. The molecule has 1 aromatic rings. The summed E-state index contributed by atoms with van der Waals surface area (Å²) in [5, 5.41) is 13.3. The van der Waals surface area contributed by atoms with Crippen LogP contribution >= 0.6 is 12.0 Å². The molecule has 24 heavy (non-hydrogen) atoms. The van der Waals surface area contributed by atoms with E-state index in [9.17, 15) is 13.7 Å². The second kappa shape index (κ2) is 8.66. The molecule has 0 aliphatic heterocycles. The van der Waals surface area contributed by atoms with Crippen molar-refractivity contribution in [3.05, 3.63) is 34.9 Å². The van der Waals surface area contributed by atoms with E-state index in [1.54, 1.807) is 0 Å². The van der Waals surface area contributed by atoms with Gasteiger partial charge in [0.05, 0.1) is 17.8 Å². The normalized spacial score (nSPS) is 16.0. The van der Waals surface area contributed by atoms with Gasteiger partial charge in [-0.3, -0.25) is 9.59 Å².